The van der Waals surface area contributed by atoms with Crippen molar-refractivity contribution < 1.29 is 0 Å². The van der Waals surface area contributed by atoms with E-state index in [1.807, 2.05) is 18.2 Å². The van der Waals surface area contributed by atoms with E-state index in [9.17, 15) is 0 Å². The second-order valence-electron chi connectivity index (χ2n) is 5.21. The molecule has 0 saturated carbocycles. The molecule has 0 bridgehead atoms. The van der Waals surface area contributed by atoms with Crippen molar-refractivity contribution in [3.63, 3.8) is 0 Å². The summed E-state index contributed by atoms with van der Waals surface area (Å²) in [4.78, 5) is 11.7. The minimum Gasteiger partial charge on any atom is -0.384 e. The van der Waals surface area contributed by atoms with E-state index in [0.717, 1.165) is 59.7 Å². The Morgan fingerprint density at radius 2 is 2.25 bits per heavy atom. The molecule has 1 aromatic carbocycles. The first-order chi connectivity index (χ1) is 9.74. The summed E-state index contributed by atoms with van der Waals surface area (Å²) >= 11 is 6.10. The van der Waals surface area contributed by atoms with Crippen LogP contribution in [0.5, 0.6) is 0 Å². The van der Waals surface area contributed by atoms with E-state index in [4.69, 9.17) is 16.6 Å². The summed E-state index contributed by atoms with van der Waals surface area (Å²) in [5, 5.41) is 4.20. The number of rotatable bonds is 0. The molecule has 4 rings (SSSR count). The number of hydrogen-bond acceptors (Lipinski definition) is 4. The van der Waals surface area contributed by atoms with Gasteiger partial charge in [-0.1, -0.05) is 11.6 Å². The smallest absolute Gasteiger partial charge is 0.134 e. The molecule has 3 heterocycles. The molecule has 102 valence electrons. The summed E-state index contributed by atoms with van der Waals surface area (Å²) in [5.41, 5.74) is 4.49. The number of anilines is 1. The van der Waals surface area contributed by atoms with E-state index < -0.39 is 0 Å². The zero-order valence-electron chi connectivity index (χ0n) is 11.3. The van der Waals surface area contributed by atoms with Crippen molar-refractivity contribution in [2.24, 2.45) is 9.98 Å². The maximum Gasteiger partial charge on any atom is 0.134 e. The Balaban J connectivity index is 1.94. The third-order valence-electron chi connectivity index (χ3n) is 3.99. The molecular formula is C15H15ClN4. The number of fused-ring (bicyclic) bond motifs is 4. The quantitative estimate of drug-likeness (QED) is 0.796. The van der Waals surface area contributed by atoms with Gasteiger partial charge in [-0.3, -0.25) is 4.99 Å². The highest BCUT2D eigenvalue weighted by Crippen LogP contribution is 2.37. The maximum atomic E-state index is 6.10. The highest BCUT2D eigenvalue weighted by atomic mass is 35.5. The summed E-state index contributed by atoms with van der Waals surface area (Å²) in [7, 11) is 0. The topological polar surface area (TPSA) is 40.0 Å². The summed E-state index contributed by atoms with van der Waals surface area (Å²) in [6.45, 7) is 4.74. The summed E-state index contributed by atoms with van der Waals surface area (Å²) in [6.07, 6.45) is 0.938. The van der Waals surface area contributed by atoms with Crippen LogP contribution in [0, 0.1) is 0 Å². The molecule has 20 heavy (non-hydrogen) atoms. The van der Waals surface area contributed by atoms with Crippen LogP contribution in [0.2, 0.25) is 5.02 Å². The average Bonchev–Trinajstić information content (AvgIpc) is 2.85. The summed E-state index contributed by atoms with van der Waals surface area (Å²) in [5.74, 6) is 2.14. The molecular weight excluding hydrogens is 272 g/mol. The van der Waals surface area contributed by atoms with Gasteiger partial charge >= 0.3 is 0 Å². The Morgan fingerprint density at radius 3 is 3.15 bits per heavy atom. The lowest BCUT2D eigenvalue weighted by Crippen LogP contribution is -2.36. The van der Waals surface area contributed by atoms with Gasteiger partial charge in [0.05, 0.1) is 12.2 Å². The Kier molecular flexibility index (Phi) is 2.60. The molecule has 0 aliphatic carbocycles. The van der Waals surface area contributed by atoms with Gasteiger partial charge in [-0.25, -0.2) is 4.99 Å². The van der Waals surface area contributed by atoms with E-state index in [2.05, 4.69) is 22.1 Å². The number of benzene rings is 1. The summed E-state index contributed by atoms with van der Waals surface area (Å²) < 4.78 is 0. The minimum atomic E-state index is 0.747. The Hall–Kier alpha value is -1.81. The predicted octanol–water partition coefficient (Wildman–Crippen LogP) is 3.01. The SMILES string of the molecule is CC1=NC2=C(CCNc3cc(Cl)ccc32)C2=NCCN12. The van der Waals surface area contributed by atoms with Gasteiger partial charge < -0.3 is 10.2 Å². The van der Waals surface area contributed by atoms with E-state index in [-0.39, 0.29) is 0 Å². The molecule has 4 nitrogen and oxygen atoms in total. The minimum absolute atomic E-state index is 0.747. The molecule has 3 aliphatic heterocycles. The van der Waals surface area contributed by atoms with Gasteiger partial charge in [0.1, 0.15) is 11.7 Å². The molecule has 0 amide bonds. The van der Waals surface area contributed by atoms with Gasteiger partial charge in [-0.2, -0.15) is 0 Å². The van der Waals surface area contributed by atoms with Crippen LogP contribution in [0.1, 0.15) is 18.9 Å². The lowest BCUT2D eigenvalue weighted by Gasteiger charge is -2.27. The molecule has 1 aromatic rings. The van der Waals surface area contributed by atoms with Crippen LogP contribution in [0.25, 0.3) is 5.70 Å². The van der Waals surface area contributed by atoms with Gasteiger partial charge in [0, 0.05) is 34.9 Å². The maximum absolute atomic E-state index is 6.10. The number of nitrogens with one attached hydrogen (secondary N) is 1. The second-order valence-corrected chi connectivity index (χ2v) is 5.65. The van der Waals surface area contributed by atoms with E-state index in [0.29, 0.717) is 0 Å². The molecule has 0 saturated heterocycles. The van der Waals surface area contributed by atoms with Crippen LogP contribution in [-0.4, -0.2) is 36.2 Å². The Labute approximate surface area is 122 Å². The van der Waals surface area contributed by atoms with Gasteiger partial charge in [-0.05, 0) is 31.5 Å². The molecule has 0 radical (unpaired) electrons. The molecule has 0 spiro atoms. The molecule has 1 N–H and O–H groups in total. The zero-order chi connectivity index (χ0) is 13.7. The predicted molar refractivity (Wildman–Crippen MR) is 83.6 cm³/mol. The van der Waals surface area contributed by atoms with E-state index in [1.54, 1.807) is 0 Å². The zero-order valence-corrected chi connectivity index (χ0v) is 12.0. The fourth-order valence-corrected chi connectivity index (χ4v) is 3.23. The van der Waals surface area contributed by atoms with Gasteiger partial charge in [0.2, 0.25) is 0 Å². The van der Waals surface area contributed by atoms with Crippen molar-refractivity contribution in [3.05, 3.63) is 34.4 Å². The number of halogens is 1. The number of amidine groups is 2. The first-order valence-corrected chi connectivity index (χ1v) is 7.26. The Bertz CT molecular complexity index is 687. The van der Waals surface area contributed by atoms with Crippen molar-refractivity contribution in [3.8, 4) is 0 Å². The normalized spacial score (nSPS) is 20.4. The molecule has 3 aliphatic rings. The molecule has 5 heteroatoms. The molecule has 0 unspecified atom stereocenters. The van der Waals surface area contributed by atoms with Crippen LogP contribution >= 0.6 is 11.6 Å². The third-order valence-corrected chi connectivity index (χ3v) is 4.22. The lowest BCUT2D eigenvalue weighted by atomic mass is 10.0. The van der Waals surface area contributed by atoms with Gasteiger partial charge in [-0.15, -0.1) is 0 Å². The molecule has 0 aromatic heterocycles. The number of aliphatic imine (C=N–C) groups is 2. The largest absolute Gasteiger partial charge is 0.384 e. The highest BCUT2D eigenvalue weighted by molar-refractivity contribution is 6.31. The van der Waals surface area contributed by atoms with Crippen molar-refractivity contribution >= 4 is 34.7 Å². The third kappa shape index (κ3) is 1.68. The molecule has 0 fully saturated rings. The van der Waals surface area contributed by atoms with Gasteiger partial charge in [0.25, 0.3) is 0 Å². The first-order valence-electron chi connectivity index (χ1n) is 6.88. The van der Waals surface area contributed by atoms with Crippen molar-refractivity contribution in [2.45, 2.75) is 13.3 Å². The van der Waals surface area contributed by atoms with Crippen molar-refractivity contribution in [2.75, 3.05) is 25.0 Å². The van der Waals surface area contributed by atoms with Crippen LogP contribution in [0.15, 0.2) is 33.8 Å². The highest BCUT2D eigenvalue weighted by Gasteiger charge is 2.31. The van der Waals surface area contributed by atoms with Crippen LogP contribution in [0.4, 0.5) is 5.69 Å². The van der Waals surface area contributed by atoms with Crippen LogP contribution in [0.3, 0.4) is 0 Å². The van der Waals surface area contributed by atoms with Crippen LogP contribution < -0.4 is 5.32 Å². The average molecular weight is 287 g/mol. The van der Waals surface area contributed by atoms with Crippen molar-refractivity contribution in [1.29, 1.82) is 0 Å². The van der Waals surface area contributed by atoms with Crippen LogP contribution in [-0.2, 0) is 0 Å². The standard InChI is InChI=1S/C15H15ClN4/c1-9-19-14-11-3-2-10(16)8-13(11)17-5-4-12(14)15-18-6-7-20(9)15/h2-3,8,17H,4-7H2,1H3. The van der Waals surface area contributed by atoms with E-state index in [1.165, 1.54) is 5.57 Å². The Morgan fingerprint density at radius 1 is 1.35 bits per heavy atom. The lowest BCUT2D eigenvalue weighted by molar-refractivity contribution is 0.654. The fourth-order valence-electron chi connectivity index (χ4n) is 3.06. The summed E-state index contributed by atoms with van der Waals surface area (Å²) in [6, 6.07) is 5.94. The van der Waals surface area contributed by atoms with Crippen molar-refractivity contribution in [1.82, 2.24) is 4.90 Å². The number of hydrogen-bond donors (Lipinski definition) is 1. The first kappa shape index (κ1) is 12.0. The fraction of sp³-hybridized carbons (Fsp3) is 0.333. The van der Waals surface area contributed by atoms with Gasteiger partial charge in [0.15, 0.2) is 0 Å². The monoisotopic (exact) mass is 286 g/mol. The van der Waals surface area contributed by atoms with E-state index >= 15 is 0 Å². The number of nitrogens with zero attached hydrogens (tertiary/aromatic N) is 3. The molecule has 0 atom stereocenters. The second kappa shape index (κ2) is 4.35.